The van der Waals surface area contributed by atoms with Gasteiger partial charge in [-0.1, -0.05) is 6.07 Å². The lowest BCUT2D eigenvalue weighted by Crippen LogP contribution is -2.18. The second-order valence-corrected chi connectivity index (χ2v) is 5.73. The molecule has 0 aliphatic carbocycles. The first-order valence-electron chi connectivity index (χ1n) is 6.97. The summed E-state index contributed by atoms with van der Waals surface area (Å²) in [6.45, 7) is 6.27. The minimum Gasteiger partial charge on any atom is -0.322 e. The molecule has 1 aliphatic rings. The molecule has 1 atom stereocenters. The van der Waals surface area contributed by atoms with Crippen LogP contribution >= 0.6 is 0 Å². The number of hydrogen-bond acceptors (Lipinski definition) is 2. The van der Waals surface area contributed by atoms with Crippen molar-refractivity contribution in [1.82, 2.24) is 10.3 Å². The Kier molecular flexibility index (Phi) is 3.15. The van der Waals surface area contributed by atoms with Crippen molar-refractivity contribution in [3.05, 3.63) is 45.2 Å². The van der Waals surface area contributed by atoms with Crippen molar-refractivity contribution < 1.29 is 0 Å². The van der Waals surface area contributed by atoms with Gasteiger partial charge in [0.1, 0.15) is 0 Å². The molecule has 3 heteroatoms. The van der Waals surface area contributed by atoms with Crippen LogP contribution in [0.1, 0.15) is 23.1 Å². The lowest BCUT2D eigenvalue weighted by molar-refractivity contribution is 0.577. The molecule has 1 aliphatic heterocycles. The minimum atomic E-state index is 0.0735. The van der Waals surface area contributed by atoms with E-state index >= 15 is 0 Å². The van der Waals surface area contributed by atoms with Crippen molar-refractivity contribution >= 4 is 10.9 Å². The zero-order valence-electron chi connectivity index (χ0n) is 11.5. The molecule has 2 heterocycles. The standard InChI is InChI=1S/C16H20N2O/c1-10-5-11(2)14-8-13(7-12-3-4-17-9-12)16(19)18-15(14)6-10/h5-6,8,12,17H,3-4,7,9H2,1-2H3,(H,18,19). The number of aromatic nitrogens is 1. The van der Waals surface area contributed by atoms with E-state index in [2.05, 4.69) is 36.3 Å². The summed E-state index contributed by atoms with van der Waals surface area (Å²) in [4.78, 5) is 15.2. The van der Waals surface area contributed by atoms with Crippen molar-refractivity contribution in [1.29, 1.82) is 0 Å². The van der Waals surface area contributed by atoms with Gasteiger partial charge in [0.2, 0.25) is 0 Å². The van der Waals surface area contributed by atoms with Crippen molar-refractivity contribution in [2.75, 3.05) is 13.1 Å². The number of nitrogens with one attached hydrogen (secondary N) is 2. The fraction of sp³-hybridized carbons (Fsp3) is 0.438. The molecule has 0 amide bonds. The molecule has 1 aromatic heterocycles. The average molecular weight is 256 g/mol. The Morgan fingerprint density at radius 1 is 1.26 bits per heavy atom. The fourth-order valence-corrected chi connectivity index (χ4v) is 3.07. The Balaban J connectivity index is 2.05. The normalized spacial score (nSPS) is 19.2. The van der Waals surface area contributed by atoms with Crippen LogP contribution < -0.4 is 10.9 Å². The molecule has 1 aromatic carbocycles. The van der Waals surface area contributed by atoms with E-state index in [1.165, 1.54) is 22.9 Å². The van der Waals surface area contributed by atoms with Crippen LogP contribution in [0.25, 0.3) is 10.9 Å². The highest BCUT2D eigenvalue weighted by Crippen LogP contribution is 2.20. The lowest BCUT2D eigenvalue weighted by atomic mass is 9.97. The summed E-state index contributed by atoms with van der Waals surface area (Å²) in [5.74, 6) is 0.601. The molecule has 0 bridgehead atoms. The quantitative estimate of drug-likeness (QED) is 0.866. The third-order valence-electron chi connectivity index (χ3n) is 4.06. The maximum Gasteiger partial charge on any atom is 0.251 e. The SMILES string of the molecule is Cc1cc(C)c2cc(CC3CCNC3)c(=O)[nH]c2c1. The van der Waals surface area contributed by atoms with E-state index in [-0.39, 0.29) is 5.56 Å². The Bertz CT molecular complexity index is 666. The van der Waals surface area contributed by atoms with E-state index in [0.717, 1.165) is 30.6 Å². The predicted molar refractivity (Wildman–Crippen MR) is 78.7 cm³/mol. The number of aryl methyl sites for hydroxylation is 2. The summed E-state index contributed by atoms with van der Waals surface area (Å²) >= 11 is 0. The molecule has 0 spiro atoms. The summed E-state index contributed by atoms with van der Waals surface area (Å²) in [5, 5.41) is 4.53. The number of fused-ring (bicyclic) bond motifs is 1. The Morgan fingerprint density at radius 3 is 2.84 bits per heavy atom. The van der Waals surface area contributed by atoms with Gasteiger partial charge >= 0.3 is 0 Å². The molecular formula is C16H20N2O. The van der Waals surface area contributed by atoms with E-state index in [1.807, 2.05) is 6.07 Å². The number of H-pyrrole nitrogens is 1. The molecule has 19 heavy (non-hydrogen) atoms. The van der Waals surface area contributed by atoms with Crippen LogP contribution in [-0.4, -0.2) is 18.1 Å². The molecule has 0 radical (unpaired) electrons. The molecule has 3 nitrogen and oxygen atoms in total. The monoisotopic (exact) mass is 256 g/mol. The van der Waals surface area contributed by atoms with Crippen molar-refractivity contribution in [3.8, 4) is 0 Å². The van der Waals surface area contributed by atoms with E-state index < -0.39 is 0 Å². The Labute approximate surface area is 113 Å². The number of rotatable bonds is 2. The number of pyridine rings is 1. The minimum absolute atomic E-state index is 0.0735. The smallest absolute Gasteiger partial charge is 0.251 e. The third-order valence-corrected chi connectivity index (χ3v) is 4.06. The second-order valence-electron chi connectivity index (χ2n) is 5.73. The van der Waals surface area contributed by atoms with E-state index in [0.29, 0.717) is 5.92 Å². The molecule has 0 saturated carbocycles. The number of benzene rings is 1. The first-order valence-corrected chi connectivity index (χ1v) is 6.97. The molecular weight excluding hydrogens is 236 g/mol. The van der Waals surface area contributed by atoms with Crippen molar-refractivity contribution in [3.63, 3.8) is 0 Å². The van der Waals surface area contributed by atoms with Crippen LogP contribution in [0.3, 0.4) is 0 Å². The molecule has 100 valence electrons. The van der Waals surface area contributed by atoms with E-state index in [4.69, 9.17) is 0 Å². The average Bonchev–Trinajstić information content (AvgIpc) is 2.83. The molecule has 1 unspecified atom stereocenters. The fourth-order valence-electron chi connectivity index (χ4n) is 3.07. The van der Waals surface area contributed by atoms with Gasteiger partial charge in [-0.05, 0) is 69.0 Å². The zero-order valence-corrected chi connectivity index (χ0v) is 11.5. The van der Waals surface area contributed by atoms with Gasteiger partial charge in [0.15, 0.2) is 0 Å². The van der Waals surface area contributed by atoms with Crippen LogP contribution in [0.2, 0.25) is 0 Å². The maximum atomic E-state index is 12.2. The zero-order chi connectivity index (χ0) is 13.4. The Hall–Kier alpha value is -1.61. The van der Waals surface area contributed by atoms with Crippen LogP contribution in [0.5, 0.6) is 0 Å². The van der Waals surface area contributed by atoms with Crippen LogP contribution in [0, 0.1) is 19.8 Å². The van der Waals surface area contributed by atoms with Gasteiger partial charge < -0.3 is 10.3 Å². The number of hydrogen-bond donors (Lipinski definition) is 2. The summed E-state index contributed by atoms with van der Waals surface area (Å²) in [7, 11) is 0. The molecule has 1 fully saturated rings. The summed E-state index contributed by atoms with van der Waals surface area (Å²) in [5.41, 5.74) is 4.37. The third kappa shape index (κ3) is 2.43. The molecule has 2 aromatic rings. The highest BCUT2D eigenvalue weighted by molar-refractivity contribution is 5.83. The van der Waals surface area contributed by atoms with Crippen LogP contribution in [0.15, 0.2) is 23.0 Å². The van der Waals surface area contributed by atoms with Gasteiger partial charge in [-0.2, -0.15) is 0 Å². The first-order chi connectivity index (χ1) is 9.13. The second kappa shape index (κ2) is 4.82. The summed E-state index contributed by atoms with van der Waals surface area (Å²) in [6.07, 6.45) is 2.05. The van der Waals surface area contributed by atoms with Crippen molar-refractivity contribution in [2.24, 2.45) is 5.92 Å². The summed E-state index contributed by atoms with van der Waals surface area (Å²) < 4.78 is 0. The highest BCUT2D eigenvalue weighted by Gasteiger charge is 2.17. The van der Waals surface area contributed by atoms with Gasteiger partial charge in [0.25, 0.3) is 5.56 Å². The molecule has 3 rings (SSSR count). The van der Waals surface area contributed by atoms with Crippen LogP contribution in [0.4, 0.5) is 0 Å². The molecule has 1 saturated heterocycles. The highest BCUT2D eigenvalue weighted by atomic mass is 16.1. The first kappa shape index (κ1) is 12.4. The summed E-state index contributed by atoms with van der Waals surface area (Å²) in [6, 6.07) is 6.30. The van der Waals surface area contributed by atoms with E-state index in [1.54, 1.807) is 0 Å². The van der Waals surface area contributed by atoms with Gasteiger partial charge in [0, 0.05) is 16.5 Å². The maximum absolute atomic E-state index is 12.2. The number of aromatic amines is 1. The lowest BCUT2D eigenvalue weighted by Gasteiger charge is -2.10. The van der Waals surface area contributed by atoms with Crippen molar-refractivity contribution in [2.45, 2.75) is 26.7 Å². The topological polar surface area (TPSA) is 44.9 Å². The van der Waals surface area contributed by atoms with Gasteiger partial charge in [-0.15, -0.1) is 0 Å². The Morgan fingerprint density at radius 2 is 2.11 bits per heavy atom. The largest absolute Gasteiger partial charge is 0.322 e. The van der Waals surface area contributed by atoms with Gasteiger partial charge in [0.05, 0.1) is 0 Å². The molecule has 2 N–H and O–H groups in total. The van der Waals surface area contributed by atoms with E-state index in [9.17, 15) is 4.79 Å². The predicted octanol–water partition coefficient (Wildman–Crippen LogP) is 2.30. The van der Waals surface area contributed by atoms with Gasteiger partial charge in [-0.25, -0.2) is 0 Å². The van der Waals surface area contributed by atoms with Gasteiger partial charge in [-0.3, -0.25) is 4.79 Å². The van der Waals surface area contributed by atoms with Crippen LogP contribution in [-0.2, 0) is 6.42 Å².